The minimum atomic E-state index is -3.95. The average Bonchev–Trinajstić information content (AvgIpc) is 2.73. The first-order valence-electron chi connectivity index (χ1n) is 9.71. The average molecular weight is 434 g/mol. The van der Waals surface area contributed by atoms with Crippen LogP contribution in [0.4, 0.5) is 11.4 Å². The van der Waals surface area contributed by atoms with Crippen molar-refractivity contribution < 1.29 is 13.2 Å². The molecule has 3 aromatic rings. The van der Waals surface area contributed by atoms with E-state index in [0.29, 0.717) is 11.4 Å². The summed E-state index contributed by atoms with van der Waals surface area (Å²) in [5.74, 6) is -0.466. The van der Waals surface area contributed by atoms with Crippen LogP contribution < -0.4 is 9.62 Å². The Balaban J connectivity index is 1.91. The Morgan fingerprint density at radius 1 is 0.968 bits per heavy atom. The van der Waals surface area contributed by atoms with Crippen LogP contribution in [-0.2, 0) is 21.2 Å². The zero-order chi connectivity index (χ0) is 22.4. The van der Waals surface area contributed by atoms with Gasteiger partial charge in [0.2, 0.25) is 5.91 Å². The van der Waals surface area contributed by atoms with E-state index in [-0.39, 0.29) is 17.9 Å². The number of carbonyl (C=O) groups excluding carboxylic acids is 1. The van der Waals surface area contributed by atoms with E-state index >= 15 is 0 Å². The van der Waals surface area contributed by atoms with E-state index in [1.165, 1.54) is 12.1 Å². The summed E-state index contributed by atoms with van der Waals surface area (Å²) >= 11 is 0. The molecule has 0 aliphatic carbocycles. The number of nitrogens with zero attached hydrogens (tertiary/aromatic N) is 2. The van der Waals surface area contributed by atoms with Gasteiger partial charge in [-0.15, -0.1) is 0 Å². The molecule has 0 heterocycles. The first kappa shape index (κ1) is 22.1. The molecule has 1 N–H and O–H groups in total. The van der Waals surface area contributed by atoms with Gasteiger partial charge in [-0.25, -0.2) is 8.42 Å². The van der Waals surface area contributed by atoms with Gasteiger partial charge in [0.1, 0.15) is 6.54 Å². The van der Waals surface area contributed by atoms with Crippen molar-refractivity contribution in [3.05, 3.63) is 89.5 Å². The van der Waals surface area contributed by atoms with Crippen LogP contribution in [0.25, 0.3) is 0 Å². The fourth-order valence-electron chi connectivity index (χ4n) is 3.26. The third kappa shape index (κ3) is 5.50. The number of rotatable bonds is 7. The summed E-state index contributed by atoms with van der Waals surface area (Å²) in [6.45, 7) is 3.39. The topological polar surface area (TPSA) is 90.3 Å². The number of aryl methyl sites for hydroxylation is 2. The molecule has 0 aliphatic rings. The summed E-state index contributed by atoms with van der Waals surface area (Å²) in [6.07, 6.45) is 0.282. The second-order valence-electron chi connectivity index (χ2n) is 7.25. The zero-order valence-corrected chi connectivity index (χ0v) is 18.2. The van der Waals surface area contributed by atoms with Gasteiger partial charge in [-0.2, -0.15) is 5.26 Å². The highest BCUT2D eigenvalue weighted by Gasteiger charge is 2.27. The Morgan fingerprint density at radius 2 is 1.58 bits per heavy atom. The van der Waals surface area contributed by atoms with Crippen molar-refractivity contribution in [2.75, 3.05) is 16.2 Å². The lowest BCUT2D eigenvalue weighted by molar-refractivity contribution is -0.114. The Labute approximate surface area is 182 Å². The molecule has 0 unspecified atom stereocenters. The van der Waals surface area contributed by atoms with Crippen LogP contribution >= 0.6 is 0 Å². The molecule has 0 aromatic heterocycles. The minimum Gasteiger partial charge on any atom is -0.325 e. The van der Waals surface area contributed by atoms with Crippen LogP contribution in [0.3, 0.4) is 0 Å². The molecular weight excluding hydrogens is 410 g/mol. The van der Waals surface area contributed by atoms with E-state index in [4.69, 9.17) is 5.26 Å². The smallest absolute Gasteiger partial charge is 0.264 e. The highest BCUT2D eigenvalue weighted by atomic mass is 32.2. The molecule has 0 saturated heterocycles. The Hall–Kier alpha value is -3.63. The third-order valence-corrected chi connectivity index (χ3v) is 6.42. The van der Waals surface area contributed by atoms with Crippen LogP contribution in [0.15, 0.2) is 77.7 Å². The molecule has 7 heteroatoms. The maximum Gasteiger partial charge on any atom is 0.264 e. The van der Waals surface area contributed by atoms with E-state index < -0.39 is 15.9 Å². The van der Waals surface area contributed by atoms with Gasteiger partial charge in [0, 0.05) is 5.69 Å². The van der Waals surface area contributed by atoms with Crippen LogP contribution in [0.1, 0.15) is 16.7 Å². The summed E-state index contributed by atoms with van der Waals surface area (Å²) in [7, 11) is -3.95. The van der Waals surface area contributed by atoms with Crippen molar-refractivity contribution in [2.24, 2.45) is 0 Å². The number of hydrogen-bond donors (Lipinski definition) is 1. The number of sulfonamides is 1. The maximum absolute atomic E-state index is 13.4. The molecule has 0 spiro atoms. The lowest BCUT2D eigenvalue weighted by Gasteiger charge is -2.25. The molecule has 0 fully saturated rings. The van der Waals surface area contributed by atoms with Crippen molar-refractivity contribution in [3.63, 3.8) is 0 Å². The van der Waals surface area contributed by atoms with E-state index in [9.17, 15) is 13.2 Å². The van der Waals surface area contributed by atoms with E-state index in [0.717, 1.165) is 21.0 Å². The van der Waals surface area contributed by atoms with Crippen molar-refractivity contribution in [3.8, 4) is 6.07 Å². The SMILES string of the molecule is Cc1cc(C)cc(N(CC(=O)Nc2ccc(CC#N)cc2)S(=O)(=O)c2ccccc2)c1. The molecule has 6 nitrogen and oxygen atoms in total. The summed E-state index contributed by atoms with van der Waals surface area (Å²) in [5.41, 5.74) is 3.60. The number of nitrogens with one attached hydrogen (secondary N) is 1. The van der Waals surface area contributed by atoms with Crippen molar-refractivity contribution in [1.29, 1.82) is 5.26 Å². The van der Waals surface area contributed by atoms with Gasteiger partial charge >= 0.3 is 0 Å². The highest BCUT2D eigenvalue weighted by Crippen LogP contribution is 2.26. The van der Waals surface area contributed by atoms with Gasteiger partial charge in [0.15, 0.2) is 0 Å². The zero-order valence-electron chi connectivity index (χ0n) is 17.4. The molecular formula is C24H23N3O3S. The summed E-state index contributed by atoms with van der Waals surface area (Å²) in [6, 6.07) is 22.5. The molecule has 0 bridgehead atoms. The molecule has 3 aromatic carbocycles. The van der Waals surface area contributed by atoms with Gasteiger partial charge in [-0.05, 0) is 66.9 Å². The normalized spacial score (nSPS) is 10.9. The van der Waals surface area contributed by atoms with Crippen molar-refractivity contribution >= 4 is 27.3 Å². The summed E-state index contributed by atoms with van der Waals surface area (Å²) < 4.78 is 27.9. The fraction of sp³-hybridized carbons (Fsp3) is 0.167. The quantitative estimate of drug-likeness (QED) is 0.604. The van der Waals surface area contributed by atoms with Gasteiger partial charge in [-0.3, -0.25) is 9.10 Å². The molecule has 0 radical (unpaired) electrons. The number of carbonyl (C=O) groups is 1. The number of amides is 1. The van der Waals surface area contributed by atoms with Crippen LogP contribution in [0.2, 0.25) is 0 Å². The lowest BCUT2D eigenvalue weighted by atomic mass is 10.1. The van der Waals surface area contributed by atoms with E-state index in [1.54, 1.807) is 54.6 Å². The van der Waals surface area contributed by atoms with Gasteiger partial charge in [0.25, 0.3) is 10.0 Å². The Morgan fingerprint density at radius 3 is 2.16 bits per heavy atom. The fourth-order valence-corrected chi connectivity index (χ4v) is 4.68. The van der Waals surface area contributed by atoms with Crippen molar-refractivity contribution in [1.82, 2.24) is 0 Å². The molecule has 0 atom stereocenters. The standard InChI is InChI=1S/C24H23N3O3S/c1-18-14-19(2)16-22(15-18)27(31(29,30)23-6-4-3-5-7-23)17-24(28)26-21-10-8-20(9-11-21)12-13-25/h3-11,14-16H,12,17H2,1-2H3,(H,26,28). The lowest BCUT2D eigenvalue weighted by Crippen LogP contribution is -2.38. The Bertz CT molecular complexity index is 1190. The second-order valence-corrected chi connectivity index (χ2v) is 9.11. The molecule has 1 amide bonds. The maximum atomic E-state index is 13.4. The van der Waals surface area contributed by atoms with E-state index in [2.05, 4.69) is 11.4 Å². The van der Waals surface area contributed by atoms with Gasteiger partial charge in [0.05, 0.1) is 23.1 Å². The monoisotopic (exact) mass is 433 g/mol. The van der Waals surface area contributed by atoms with Gasteiger partial charge < -0.3 is 5.32 Å². The molecule has 0 saturated carbocycles. The summed E-state index contributed by atoms with van der Waals surface area (Å²) in [5, 5.41) is 11.5. The molecule has 158 valence electrons. The molecule has 31 heavy (non-hydrogen) atoms. The van der Waals surface area contributed by atoms with Crippen molar-refractivity contribution in [2.45, 2.75) is 25.2 Å². The van der Waals surface area contributed by atoms with Gasteiger partial charge in [-0.1, -0.05) is 36.4 Å². The third-order valence-electron chi connectivity index (χ3n) is 4.63. The predicted molar refractivity (Wildman–Crippen MR) is 121 cm³/mol. The predicted octanol–water partition coefficient (Wildman–Crippen LogP) is 4.20. The van der Waals surface area contributed by atoms with E-state index in [1.807, 2.05) is 19.9 Å². The molecule has 3 rings (SSSR count). The number of hydrogen-bond acceptors (Lipinski definition) is 4. The first-order chi connectivity index (χ1) is 14.8. The largest absolute Gasteiger partial charge is 0.325 e. The number of benzene rings is 3. The Kier molecular flexibility index (Phi) is 6.73. The number of anilines is 2. The van der Waals surface area contributed by atoms with Crippen LogP contribution in [-0.4, -0.2) is 20.9 Å². The number of nitriles is 1. The highest BCUT2D eigenvalue weighted by molar-refractivity contribution is 7.92. The van der Waals surface area contributed by atoms with Crippen LogP contribution in [0, 0.1) is 25.2 Å². The molecule has 0 aliphatic heterocycles. The minimum absolute atomic E-state index is 0.114. The second kappa shape index (κ2) is 9.45. The van der Waals surface area contributed by atoms with Crippen LogP contribution in [0.5, 0.6) is 0 Å². The first-order valence-corrected chi connectivity index (χ1v) is 11.2. The summed E-state index contributed by atoms with van der Waals surface area (Å²) in [4.78, 5) is 12.9.